The minimum absolute atomic E-state index is 0.936. The van der Waals surface area contributed by atoms with Gasteiger partial charge < -0.3 is 9.30 Å². The molecule has 1 aromatic carbocycles. The fraction of sp³-hybridized carbons (Fsp3) is 0.556. The van der Waals surface area contributed by atoms with Crippen molar-refractivity contribution in [3.63, 3.8) is 0 Å². The molecule has 0 aliphatic heterocycles. The van der Waals surface area contributed by atoms with Crippen LogP contribution in [-0.4, -0.2) is 11.7 Å². The molecule has 0 radical (unpaired) electrons. The molecular weight excluding hydrogens is 246 g/mol. The highest BCUT2D eigenvalue weighted by molar-refractivity contribution is 5.81. The van der Waals surface area contributed by atoms with Crippen molar-refractivity contribution in [1.29, 1.82) is 0 Å². The van der Waals surface area contributed by atoms with E-state index in [0.717, 1.165) is 12.3 Å². The largest absolute Gasteiger partial charge is 0.497 e. The van der Waals surface area contributed by atoms with Gasteiger partial charge in [-0.05, 0) is 30.7 Å². The fourth-order valence-electron chi connectivity index (χ4n) is 2.74. The van der Waals surface area contributed by atoms with Crippen LogP contribution < -0.4 is 4.74 Å². The number of benzene rings is 1. The molecule has 0 amide bonds. The maximum atomic E-state index is 5.27. The van der Waals surface area contributed by atoms with Gasteiger partial charge in [0.05, 0.1) is 7.11 Å². The van der Waals surface area contributed by atoms with E-state index in [2.05, 4.69) is 35.9 Å². The van der Waals surface area contributed by atoms with E-state index in [1.807, 2.05) is 6.07 Å². The average molecular weight is 273 g/mol. The van der Waals surface area contributed by atoms with Crippen LogP contribution in [0.4, 0.5) is 0 Å². The van der Waals surface area contributed by atoms with Gasteiger partial charge in [-0.2, -0.15) is 0 Å². The van der Waals surface area contributed by atoms with Crippen molar-refractivity contribution in [2.75, 3.05) is 7.11 Å². The average Bonchev–Trinajstić information content (AvgIpc) is 2.88. The molecule has 0 saturated heterocycles. The van der Waals surface area contributed by atoms with Crippen LogP contribution >= 0.6 is 0 Å². The fourth-order valence-corrected chi connectivity index (χ4v) is 2.74. The molecule has 0 saturated carbocycles. The van der Waals surface area contributed by atoms with Crippen molar-refractivity contribution in [3.05, 3.63) is 30.5 Å². The molecular formula is C18H27NO. The Morgan fingerprint density at radius 2 is 1.70 bits per heavy atom. The molecule has 2 heteroatoms. The topological polar surface area (TPSA) is 14.2 Å². The molecule has 1 aromatic heterocycles. The van der Waals surface area contributed by atoms with Gasteiger partial charge in [0.15, 0.2) is 0 Å². The zero-order valence-electron chi connectivity index (χ0n) is 12.9. The number of hydrogen-bond acceptors (Lipinski definition) is 1. The number of hydrogen-bond donors (Lipinski definition) is 0. The smallest absolute Gasteiger partial charge is 0.119 e. The predicted molar refractivity (Wildman–Crippen MR) is 86.5 cm³/mol. The van der Waals surface area contributed by atoms with E-state index in [9.17, 15) is 0 Å². The molecule has 1 heterocycles. The van der Waals surface area contributed by atoms with Crippen LogP contribution in [0.3, 0.4) is 0 Å². The molecule has 20 heavy (non-hydrogen) atoms. The van der Waals surface area contributed by atoms with Gasteiger partial charge in [-0.15, -0.1) is 0 Å². The summed E-state index contributed by atoms with van der Waals surface area (Å²) in [4.78, 5) is 0. The zero-order chi connectivity index (χ0) is 14.2. The van der Waals surface area contributed by atoms with Crippen molar-refractivity contribution in [2.24, 2.45) is 0 Å². The van der Waals surface area contributed by atoms with Crippen molar-refractivity contribution < 1.29 is 4.74 Å². The Bertz CT molecular complexity index is 515. The lowest BCUT2D eigenvalue weighted by atomic mass is 10.1. The Hall–Kier alpha value is -1.44. The number of rotatable bonds is 9. The molecule has 0 atom stereocenters. The summed E-state index contributed by atoms with van der Waals surface area (Å²) in [6.45, 7) is 3.40. The second kappa shape index (κ2) is 7.98. The Morgan fingerprint density at radius 3 is 2.45 bits per heavy atom. The summed E-state index contributed by atoms with van der Waals surface area (Å²) in [6.07, 6.45) is 11.7. The first-order chi connectivity index (χ1) is 9.85. The van der Waals surface area contributed by atoms with E-state index in [4.69, 9.17) is 4.74 Å². The standard InChI is InChI=1S/C18H27NO/c1-3-4-5-6-7-8-9-13-19-14-12-16-15-17(20-2)10-11-18(16)19/h10-12,14-15H,3-9,13H2,1-2H3. The first-order valence-corrected chi connectivity index (χ1v) is 7.98. The van der Waals surface area contributed by atoms with Crippen LogP contribution in [0.1, 0.15) is 51.9 Å². The van der Waals surface area contributed by atoms with E-state index in [0.29, 0.717) is 0 Å². The van der Waals surface area contributed by atoms with Crippen molar-refractivity contribution in [3.8, 4) is 5.75 Å². The molecule has 110 valence electrons. The highest BCUT2D eigenvalue weighted by Gasteiger charge is 2.02. The number of fused-ring (bicyclic) bond motifs is 1. The first-order valence-electron chi connectivity index (χ1n) is 7.98. The summed E-state index contributed by atoms with van der Waals surface area (Å²) in [6, 6.07) is 8.49. The lowest BCUT2D eigenvalue weighted by molar-refractivity contribution is 0.415. The molecule has 0 aliphatic rings. The maximum absolute atomic E-state index is 5.27. The van der Waals surface area contributed by atoms with Crippen molar-refractivity contribution in [2.45, 2.75) is 58.4 Å². The Balaban J connectivity index is 1.79. The number of aryl methyl sites for hydroxylation is 1. The highest BCUT2D eigenvalue weighted by Crippen LogP contribution is 2.22. The van der Waals surface area contributed by atoms with Gasteiger partial charge in [0, 0.05) is 23.6 Å². The maximum Gasteiger partial charge on any atom is 0.119 e. The highest BCUT2D eigenvalue weighted by atomic mass is 16.5. The SMILES string of the molecule is CCCCCCCCCn1ccc2cc(OC)ccc21. The number of aromatic nitrogens is 1. The lowest BCUT2D eigenvalue weighted by Crippen LogP contribution is -1.96. The van der Waals surface area contributed by atoms with Crippen LogP contribution in [-0.2, 0) is 6.54 Å². The summed E-state index contributed by atoms with van der Waals surface area (Å²) < 4.78 is 7.63. The van der Waals surface area contributed by atoms with Gasteiger partial charge in [0.2, 0.25) is 0 Å². The normalized spacial score (nSPS) is 11.1. The summed E-state index contributed by atoms with van der Waals surface area (Å²) in [7, 11) is 1.72. The molecule has 0 spiro atoms. The van der Waals surface area contributed by atoms with E-state index in [1.54, 1.807) is 7.11 Å². The molecule has 2 aromatic rings. The minimum Gasteiger partial charge on any atom is -0.497 e. The second-order valence-corrected chi connectivity index (χ2v) is 5.56. The third-order valence-corrected chi connectivity index (χ3v) is 3.98. The number of ether oxygens (including phenoxy) is 1. The zero-order valence-corrected chi connectivity index (χ0v) is 12.9. The molecule has 0 unspecified atom stereocenters. The molecule has 2 rings (SSSR count). The summed E-state index contributed by atoms with van der Waals surface area (Å²) in [5.74, 6) is 0.936. The Kier molecular flexibility index (Phi) is 5.97. The Labute approximate surface area is 122 Å². The van der Waals surface area contributed by atoms with E-state index in [1.165, 1.54) is 55.8 Å². The quantitative estimate of drug-likeness (QED) is 0.558. The van der Waals surface area contributed by atoms with Crippen LogP contribution in [0.15, 0.2) is 30.5 Å². The Morgan fingerprint density at radius 1 is 0.950 bits per heavy atom. The van der Waals surface area contributed by atoms with Gasteiger partial charge >= 0.3 is 0 Å². The van der Waals surface area contributed by atoms with Crippen molar-refractivity contribution >= 4 is 10.9 Å². The third-order valence-electron chi connectivity index (χ3n) is 3.98. The van der Waals surface area contributed by atoms with Crippen molar-refractivity contribution in [1.82, 2.24) is 4.57 Å². The van der Waals surface area contributed by atoms with Gasteiger partial charge in [0.25, 0.3) is 0 Å². The second-order valence-electron chi connectivity index (χ2n) is 5.56. The lowest BCUT2D eigenvalue weighted by Gasteiger charge is -2.06. The van der Waals surface area contributed by atoms with Crippen LogP contribution in [0.2, 0.25) is 0 Å². The van der Waals surface area contributed by atoms with Crippen LogP contribution in [0.5, 0.6) is 5.75 Å². The number of unbranched alkanes of at least 4 members (excludes halogenated alkanes) is 6. The van der Waals surface area contributed by atoms with Gasteiger partial charge in [-0.1, -0.05) is 45.4 Å². The molecule has 2 nitrogen and oxygen atoms in total. The molecule has 0 fully saturated rings. The molecule has 0 bridgehead atoms. The van der Waals surface area contributed by atoms with Gasteiger partial charge in [-0.3, -0.25) is 0 Å². The number of methoxy groups -OCH3 is 1. The van der Waals surface area contributed by atoms with Crippen LogP contribution in [0, 0.1) is 0 Å². The summed E-state index contributed by atoms with van der Waals surface area (Å²) in [5.41, 5.74) is 1.32. The van der Waals surface area contributed by atoms with Crippen LogP contribution in [0.25, 0.3) is 10.9 Å². The minimum atomic E-state index is 0.936. The van der Waals surface area contributed by atoms with E-state index >= 15 is 0 Å². The van der Waals surface area contributed by atoms with E-state index in [-0.39, 0.29) is 0 Å². The monoisotopic (exact) mass is 273 g/mol. The molecule has 0 N–H and O–H groups in total. The van der Waals surface area contributed by atoms with E-state index < -0.39 is 0 Å². The summed E-state index contributed by atoms with van der Waals surface area (Å²) >= 11 is 0. The molecule has 0 aliphatic carbocycles. The third kappa shape index (κ3) is 4.03. The number of nitrogens with zero attached hydrogens (tertiary/aromatic N) is 1. The predicted octanol–water partition coefficient (Wildman–Crippen LogP) is 5.40. The summed E-state index contributed by atoms with van der Waals surface area (Å²) in [5, 5.41) is 1.27. The first kappa shape index (κ1) is 15.0. The van der Waals surface area contributed by atoms with Gasteiger partial charge in [0.1, 0.15) is 5.75 Å². The van der Waals surface area contributed by atoms with Gasteiger partial charge in [-0.25, -0.2) is 0 Å².